The first-order valence-electron chi connectivity index (χ1n) is 6.96. The van der Waals surface area contributed by atoms with Crippen LogP contribution in [0.4, 0.5) is 0 Å². The van der Waals surface area contributed by atoms with Crippen molar-refractivity contribution in [1.82, 2.24) is 5.32 Å². The van der Waals surface area contributed by atoms with Crippen LogP contribution in [0.15, 0.2) is 18.2 Å². The summed E-state index contributed by atoms with van der Waals surface area (Å²) in [5, 5.41) is 3.55. The van der Waals surface area contributed by atoms with E-state index in [0.29, 0.717) is 12.0 Å². The highest BCUT2D eigenvalue weighted by Crippen LogP contribution is 2.26. The molecule has 0 aliphatic rings. The van der Waals surface area contributed by atoms with E-state index in [2.05, 4.69) is 51.2 Å². The zero-order chi connectivity index (χ0) is 13.5. The summed E-state index contributed by atoms with van der Waals surface area (Å²) in [5.74, 6) is 1.52. The summed E-state index contributed by atoms with van der Waals surface area (Å²) in [7, 11) is 1.72. The quantitative estimate of drug-likeness (QED) is 0.791. The fourth-order valence-electron chi connectivity index (χ4n) is 2.46. The van der Waals surface area contributed by atoms with Crippen LogP contribution in [0.1, 0.15) is 50.7 Å². The molecule has 2 unspecified atom stereocenters. The van der Waals surface area contributed by atoms with Crippen molar-refractivity contribution in [2.75, 3.05) is 13.7 Å². The normalized spacial score (nSPS) is 14.3. The van der Waals surface area contributed by atoms with Crippen molar-refractivity contribution in [3.63, 3.8) is 0 Å². The number of methoxy groups -OCH3 is 1. The maximum Gasteiger partial charge on any atom is 0.119 e. The smallest absolute Gasteiger partial charge is 0.119 e. The highest BCUT2D eigenvalue weighted by Gasteiger charge is 2.12. The molecular formula is C16H27NO. The van der Waals surface area contributed by atoms with Crippen molar-refractivity contribution in [1.29, 1.82) is 0 Å². The lowest BCUT2D eigenvalue weighted by atomic mass is 9.91. The van der Waals surface area contributed by atoms with Crippen LogP contribution in [0.3, 0.4) is 0 Å². The molecule has 0 bridgehead atoms. The van der Waals surface area contributed by atoms with Gasteiger partial charge in [0.25, 0.3) is 0 Å². The topological polar surface area (TPSA) is 21.3 Å². The van der Waals surface area contributed by atoms with Crippen LogP contribution in [0.2, 0.25) is 0 Å². The molecule has 102 valence electrons. The van der Waals surface area contributed by atoms with E-state index in [1.807, 2.05) is 0 Å². The average molecular weight is 249 g/mol. The lowest BCUT2D eigenvalue weighted by Gasteiger charge is -2.20. The van der Waals surface area contributed by atoms with Crippen molar-refractivity contribution in [2.45, 2.75) is 52.5 Å². The molecule has 0 aliphatic heterocycles. The molecule has 0 aromatic heterocycles. The second-order valence-corrected chi connectivity index (χ2v) is 5.21. The first kappa shape index (κ1) is 15.0. The zero-order valence-electron chi connectivity index (χ0n) is 12.4. The van der Waals surface area contributed by atoms with Crippen molar-refractivity contribution >= 4 is 0 Å². The van der Waals surface area contributed by atoms with E-state index in [9.17, 15) is 0 Å². The molecule has 0 spiro atoms. The van der Waals surface area contributed by atoms with Crippen molar-refractivity contribution in [3.05, 3.63) is 29.3 Å². The molecule has 0 amide bonds. The molecule has 2 nitrogen and oxygen atoms in total. The molecule has 2 heteroatoms. The highest BCUT2D eigenvalue weighted by molar-refractivity contribution is 5.36. The van der Waals surface area contributed by atoms with E-state index in [-0.39, 0.29) is 0 Å². The second-order valence-electron chi connectivity index (χ2n) is 5.21. The fourth-order valence-corrected chi connectivity index (χ4v) is 2.46. The number of ether oxygens (including phenoxy) is 1. The molecule has 2 atom stereocenters. The van der Waals surface area contributed by atoms with Crippen molar-refractivity contribution < 1.29 is 4.74 Å². The Labute approximate surface area is 112 Å². The average Bonchev–Trinajstić information content (AvgIpc) is 2.35. The minimum absolute atomic E-state index is 0.571. The molecule has 1 N–H and O–H groups in total. The number of benzene rings is 1. The van der Waals surface area contributed by atoms with Gasteiger partial charge in [-0.2, -0.15) is 0 Å². The van der Waals surface area contributed by atoms with Gasteiger partial charge in [0, 0.05) is 6.04 Å². The Morgan fingerprint density at radius 3 is 2.56 bits per heavy atom. The predicted octanol–water partition coefficient (Wildman–Crippen LogP) is 3.89. The standard InChI is InChI=1S/C16H27NO/c1-6-9-17-14(4)10-12(2)16-8-7-15(18-5)11-13(16)3/h7-8,11-12,14,17H,6,9-10H2,1-5H3. The van der Waals surface area contributed by atoms with Crippen molar-refractivity contribution in [2.24, 2.45) is 0 Å². The molecular weight excluding hydrogens is 222 g/mol. The Hall–Kier alpha value is -1.02. The van der Waals surface area contributed by atoms with Crippen LogP contribution in [0.25, 0.3) is 0 Å². The number of hydrogen-bond donors (Lipinski definition) is 1. The Morgan fingerprint density at radius 2 is 2.00 bits per heavy atom. The zero-order valence-corrected chi connectivity index (χ0v) is 12.4. The number of nitrogens with one attached hydrogen (secondary N) is 1. The van der Waals surface area contributed by atoms with E-state index in [4.69, 9.17) is 4.74 Å². The third kappa shape index (κ3) is 4.34. The molecule has 0 saturated heterocycles. The summed E-state index contributed by atoms with van der Waals surface area (Å²) >= 11 is 0. The van der Waals surface area contributed by atoms with Gasteiger partial charge >= 0.3 is 0 Å². The van der Waals surface area contributed by atoms with Crippen LogP contribution in [0, 0.1) is 6.92 Å². The van der Waals surface area contributed by atoms with Gasteiger partial charge in [-0.05, 0) is 62.4 Å². The maximum absolute atomic E-state index is 5.25. The van der Waals surface area contributed by atoms with Gasteiger partial charge in [-0.15, -0.1) is 0 Å². The first-order chi connectivity index (χ1) is 8.58. The third-order valence-corrected chi connectivity index (χ3v) is 3.46. The molecule has 0 radical (unpaired) electrons. The monoisotopic (exact) mass is 249 g/mol. The minimum atomic E-state index is 0.571. The van der Waals surface area contributed by atoms with E-state index >= 15 is 0 Å². The van der Waals surface area contributed by atoms with E-state index in [1.165, 1.54) is 24.0 Å². The van der Waals surface area contributed by atoms with Crippen LogP contribution >= 0.6 is 0 Å². The summed E-state index contributed by atoms with van der Waals surface area (Å²) in [6.07, 6.45) is 2.37. The van der Waals surface area contributed by atoms with Crippen LogP contribution < -0.4 is 10.1 Å². The number of rotatable bonds is 7. The van der Waals surface area contributed by atoms with Gasteiger partial charge in [-0.25, -0.2) is 0 Å². The molecule has 1 aromatic carbocycles. The van der Waals surface area contributed by atoms with E-state index in [1.54, 1.807) is 7.11 Å². The van der Waals surface area contributed by atoms with Gasteiger partial charge in [0.05, 0.1) is 7.11 Å². The Morgan fingerprint density at radius 1 is 1.28 bits per heavy atom. The molecule has 1 rings (SSSR count). The first-order valence-corrected chi connectivity index (χ1v) is 6.96. The summed E-state index contributed by atoms with van der Waals surface area (Å²) in [5.41, 5.74) is 2.76. The van der Waals surface area contributed by atoms with Gasteiger partial charge < -0.3 is 10.1 Å². The molecule has 0 fully saturated rings. The van der Waals surface area contributed by atoms with Gasteiger partial charge in [-0.3, -0.25) is 0 Å². The van der Waals surface area contributed by atoms with Crippen molar-refractivity contribution in [3.8, 4) is 5.75 Å². The molecule has 18 heavy (non-hydrogen) atoms. The van der Waals surface area contributed by atoms with E-state index in [0.717, 1.165) is 12.3 Å². The maximum atomic E-state index is 5.25. The summed E-state index contributed by atoms with van der Waals surface area (Å²) in [6, 6.07) is 6.95. The largest absolute Gasteiger partial charge is 0.497 e. The lowest BCUT2D eigenvalue weighted by Crippen LogP contribution is -2.28. The lowest BCUT2D eigenvalue weighted by molar-refractivity contribution is 0.414. The van der Waals surface area contributed by atoms with Gasteiger partial charge in [0.1, 0.15) is 5.75 Å². The summed E-state index contributed by atoms with van der Waals surface area (Å²) < 4.78 is 5.25. The molecule has 0 saturated carbocycles. The fraction of sp³-hybridized carbons (Fsp3) is 0.625. The van der Waals surface area contributed by atoms with Gasteiger partial charge in [0.15, 0.2) is 0 Å². The van der Waals surface area contributed by atoms with Crippen LogP contribution in [-0.4, -0.2) is 19.7 Å². The minimum Gasteiger partial charge on any atom is -0.497 e. The molecule has 0 aliphatic carbocycles. The SMILES string of the molecule is CCCNC(C)CC(C)c1ccc(OC)cc1C. The summed E-state index contributed by atoms with van der Waals surface area (Å²) in [6.45, 7) is 10.1. The van der Waals surface area contributed by atoms with Gasteiger partial charge in [-0.1, -0.05) is 19.9 Å². The number of aryl methyl sites for hydroxylation is 1. The Kier molecular flexibility index (Phi) is 6.20. The van der Waals surface area contributed by atoms with Crippen LogP contribution in [0.5, 0.6) is 5.75 Å². The predicted molar refractivity (Wildman–Crippen MR) is 78.5 cm³/mol. The molecule has 1 aromatic rings. The van der Waals surface area contributed by atoms with Gasteiger partial charge in [0.2, 0.25) is 0 Å². The molecule has 0 heterocycles. The highest BCUT2D eigenvalue weighted by atomic mass is 16.5. The Balaban J connectivity index is 2.63. The van der Waals surface area contributed by atoms with E-state index < -0.39 is 0 Å². The summed E-state index contributed by atoms with van der Waals surface area (Å²) in [4.78, 5) is 0. The second kappa shape index (κ2) is 7.42. The number of hydrogen-bond acceptors (Lipinski definition) is 2. The third-order valence-electron chi connectivity index (χ3n) is 3.46. The van der Waals surface area contributed by atoms with Crippen LogP contribution in [-0.2, 0) is 0 Å². The Bertz CT molecular complexity index is 362.